The van der Waals surface area contributed by atoms with Gasteiger partial charge in [-0.25, -0.2) is 0 Å². The van der Waals surface area contributed by atoms with E-state index < -0.39 is 0 Å². The van der Waals surface area contributed by atoms with Gasteiger partial charge in [-0.3, -0.25) is 9.59 Å². The van der Waals surface area contributed by atoms with Crippen molar-refractivity contribution in [2.45, 2.75) is 41.0 Å². The summed E-state index contributed by atoms with van der Waals surface area (Å²) in [6.07, 6.45) is 0.517. The monoisotopic (exact) mass is 290 g/mol. The second kappa shape index (κ2) is 7.81. The highest BCUT2D eigenvalue weighted by Crippen LogP contribution is 2.18. The molecular formula is C17H26N2O2. The molecule has 0 aromatic heterocycles. The average Bonchev–Trinajstić information content (AvgIpc) is 2.31. The SMILES string of the molecule is CC(=O)N(CCNC(=O)CC(C)C)c1cc(C)cc(C)c1. The molecule has 0 saturated heterocycles. The maximum Gasteiger partial charge on any atom is 0.223 e. The van der Waals surface area contributed by atoms with Crippen molar-refractivity contribution in [2.24, 2.45) is 5.92 Å². The lowest BCUT2D eigenvalue weighted by Gasteiger charge is -2.22. The van der Waals surface area contributed by atoms with Crippen molar-refractivity contribution in [1.82, 2.24) is 5.32 Å². The molecule has 0 heterocycles. The van der Waals surface area contributed by atoms with Gasteiger partial charge in [0, 0.05) is 32.1 Å². The van der Waals surface area contributed by atoms with E-state index in [9.17, 15) is 9.59 Å². The van der Waals surface area contributed by atoms with Crippen molar-refractivity contribution < 1.29 is 9.59 Å². The first-order valence-corrected chi connectivity index (χ1v) is 7.42. The zero-order valence-corrected chi connectivity index (χ0v) is 13.7. The Morgan fingerprint density at radius 1 is 1.14 bits per heavy atom. The number of nitrogens with one attached hydrogen (secondary N) is 1. The van der Waals surface area contributed by atoms with Crippen LogP contribution < -0.4 is 10.2 Å². The van der Waals surface area contributed by atoms with Crippen LogP contribution in [-0.4, -0.2) is 24.9 Å². The molecule has 4 heteroatoms. The quantitative estimate of drug-likeness (QED) is 0.876. The van der Waals surface area contributed by atoms with Gasteiger partial charge in [0.2, 0.25) is 11.8 Å². The Morgan fingerprint density at radius 2 is 1.71 bits per heavy atom. The maximum absolute atomic E-state index is 11.8. The highest BCUT2D eigenvalue weighted by molar-refractivity contribution is 5.91. The van der Waals surface area contributed by atoms with Gasteiger partial charge >= 0.3 is 0 Å². The summed E-state index contributed by atoms with van der Waals surface area (Å²) in [6, 6.07) is 6.06. The van der Waals surface area contributed by atoms with Crippen LogP contribution in [0.15, 0.2) is 18.2 Å². The van der Waals surface area contributed by atoms with E-state index in [0.717, 1.165) is 16.8 Å². The van der Waals surface area contributed by atoms with Crippen LogP contribution in [-0.2, 0) is 9.59 Å². The predicted molar refractivity (Wildman–Crippen MR) is 86.4 cm³/mol. The van der Waals surface area contributed by atoms with Crippen LogP contribution in [0.5, 0.6) is 0 Å². The summed E-state index contributed by atoms with van der Waals surface area (Å²) in [5.41, 5.74) is 3.14. The molecule has 1 aromatic rings. The van der Waals surface area contributed by atoms with E-state index in [0.29, 0.717) is 25.4 Å². The van der Waals surface area contributed by atoms with Crippen molar-refractivity contribution in [2.75, 3.05) is 18.0 Å². The van der Waals surface area contributed by atoms with Gasteiger partial charge in [0.15, 0.2) is 0 Å². The van der Waals surface area contributed by atoms with Crippen LogP contribution in [0.2, 0.25) is 0 Å². The highest BCUT2D eigenvalue weighted by atomic mass is 16.2. The molecule has 0 atom stereocenters. The van der Waals surface area contributed by atoms with Crippen LogP contribution in [0.3, 0.4) is 0 Å². The smallest absolute Gasteiger partial charge is 0.223 e. The van der Waals surface area contributed by atoms with E-state index in [1.54, 1.807) is 11.8 Å². The van der Waals surface area contributed by atoms with Gasteiger partial charge in [-0.05, 0) is 43.0 Å². The van der Waals surface area contributed by atoms with Gasteiger partial charge in [0.25, 0.3) is 0 Å². The Morgan fingerprint density at radius 3 is 2.19 bits per heavy atom. The Labute approximate surface area is 127 Å². The highest BCUT2D eigenvalue weighted by Gasteiger charge is 2.12. The first-order chi connectivity index (χ1) is 9.79. The average molecular weight is 290 g/mol. The molecule has 1 aromatic carbocycles. The van der Waals surface area contributed by atoms with Crippen molar-refractivity contribution in [3.63, 3.8) is 0 Å². The van der Waals surface area contributed by atoms with Gasteiger partial charge < -0.3 is 10.2 Å². The third-order valence-electron chi connectivity index (χ3n) is 3.15. The van der Waals surface area contributed by atoms with Crippen LogP contribution in [0.4, 0.5) is 5.69 Å². The number of nitrogens with zero attached hydrogens (tertiary/aromatic N) is 1. The minimum absolute atomic E-state index is 0.0156. The Bertz CT molecular complexity index is 489. The summed E-state index contributed by atoms with van der Waals surface area (Å²) in [7, 11) is 0. The lowest BCUT2D eigenvalue weighted by Crippen LogP contribution is -2.37. The zero-order valence-electron chi connectivity index (χ0n) is 13.7. The molecule has 0 aliphatic carbocycles. The summed E-state index contributed by atoms with van der Waals surface area (Å²) in [4.78, 5) is 25.2. The standard InChI is InChI=1S/C17H26N2O2/c1-12(2)8-17(21)18-6-7-19(15(5)20)16-10-13(3)9-14(4)11-16/h9-12H,6-8H2,1-5H3,(H,18,21). The van der Waals surface area contributed by atoms with Crippen molar-refractivity contribution in [1.29, 1.82) is 0 Å². The Kier molecular flexibility index (Phi) is 6.40. The molecule has 0 aliphatic heterocycles. The summed E-state index contributed by atoms with van der Waals surface area (Å²) in [6.45, 7) is 10.6. The summed E-state index contributed by atoms with van der Waals surface area (Å²) in [5.74, 6) is 0.361. The largest absolute Gasteiger partial charge is 0.354 e. The molecule has 0 bridgehead atoms. The first-order valence-electron chi connectivity index (χ1n) is 7.42. The van der Waals surface area contributed by atoms with Gasteiger partial charge in [-0.15, -0.1) is 0 Å². The van der Waals surface area contributed by atoms with E-state index in [4.69, 9.17) is 0 Å². The second-order valence-electron chi connectivity index (χ2n) is 5.96. The van der Waals surface area contributed by atoms with Crippen molar-refractivity contribution >= 4 is 17.5 Å². The third kappa shape index (κ3) is 5.98. The fourth-order valence-corrected chi connectivity index (χ4v) is 2.32. The van der Waals surface area contributed by atoms with Gasteiger partial charge in [-0.1, -0.05) is 19.9 Å². The number of benzene rings is 1. The molecule has 116 valence electrons. The number of anilines is 1. The van der Waals surface area contributed by atoms with Crippen LogP contribution >= 0.6 is 0 Å². The van der Waals surface area contributed by atoms with E-state index in [1.807, 2.05) is 39.8 Å². The lowest BCUT2D eigenvalue weighted by molar-refractivity contribution is -0.122. The number of carbonyl (C=O) groups is 2. The Hall–Kier alpha value is -1.84. The van der Waals surface area contributed by atoms with Gasteiger partial charge in [-0.2, -0.15) is 0 Å². The normalized spacial score (nSPS) is 10.6. The maximum atomic E-state index is 11.8. The first kappa shape index (κ1) is 17.2. The van der Waals surface area contributed by atoms with Crippen LogP contribution in [0.1, 0.15) is 38.3 Å². The number of amides is 2. The molecule has 0 radical (unpaired) electrons. The number of hydrogen-bond acceptors (Lipinski definition) is 2. The number of hydrogen-bond donors (Lipinski definition) is 1. The van der Waals surface area contributed by atoms with Crippen molar-refractivity contribution in [3.8, 4) is 0 Å². The molecule has 0 fully saturated rings. The van der Waals surface area contributed by atoms with Crippen LogP contribution in [0.25, 0.3) is 0 Å². The second-order valence-corrected chi connectivity index (χ2v) is 5.96. The van der Waals surface area contributed by atoms with Gasteiger partial charge in [0.1, 0.15) is 0 Å². The molecule has 4 nitrogen and oxygen atoms in total. The molecule has 0 saturated carbocycles. The van der Waals surface area contributed by atoms with Gasteiger partial charge in [0.05, 0.1) is 0 Å². The fourth-order valence-electron chi connectivity index (χ4n) is 2.32. The molecule has 21 heavy (non-hydrogen) atoms. The number of carbonyl (C=O) groups excluding carboxylic acids is 2. The minimum atomic E-state index is -0.0156. The van der Waals surface area contributed by atoms with Crippen molar-refractivity contribution in [3.05, 3.63) is 29.3 Å². The molecule has 1 N–H and O–H groups in total. The lowest BCUT2D eigenvalue weighted by atomic mass is 10.1. The molecular weight excluding hydrogens is 264 g/mol. The van der Waals surface area contributed by atoms with E-state index in [-0.39, 0.29) is 11.8 Å². The molecule has 2 amide bonds. The van der Waals surface area contributed by atoms with E-state index >= 15 is 0 Å². The van der Waals surface area contributed by atoms with E-state index in [2.05, 4.69) is 11.4 Å². The topological polar surface area (TPSA) is 49.4 Å². The predicted octanol–water partition coefficient (Wildman–Crippen LogP) is 2.82. The zero-order chi connectivity index (χ0) is 16.0. The number of aryl methyl sites for hydroxylation is 2. The van der Waals surface area contributed by atoms with Crippen LogP contribution in [0, 0.1) is 19.8 Å². The molecule has 1 rings (SSSR count). The molecule has 0 spiro atoms. The summed E-state index contributed by atoms with van der Waals surface area (Å²) < 4.78 is 0. The van der Waals surface area contributed by atoms with E-state index in [1.165, 1.54) is 0 Å². The fraction of sp³-hybridized carbons (Fsp3) is 0.529. The summed E-state index contributed by atoms with van der Waals surface area (Å²) in [5, 5.41) is 2.87. The Balaban J connectivity index is 2.66. The number of rotatable bonds is 6. The molecule has 0 aliphatic rings. The summed E-state index contributed by atoms with van der Waals surface area (Å²) >= 11 is 0. The molecule has 0 unspecified atom stereocenters. The minimum Gasteiger partial charge on any atom is -0.354 e. The third-order valence-corrected chi connectivity index (χ3v) is 3.15.